The Kier molecular flexibility index (Phi) is 3.89. The van der Waals surface area contributed by atoms with Gasteiger partial charge in [-0.05, 0) is 40.0 Å². The number of ether oxygens (including phenoxy) is 3. The molecule has 0 amide bonds. The Labute approximate surface area is 135 Å². The Balaban J connectivity index is 1.58. The number of fused-ring (bicyclic) bond motifs is 1. The molecule has 3 aliphatic rings. The van der Waals surface area contributed by atoms with Gasteiger partial charge in [0, 0.05) is 11.8 Å². The van der Waals surface area contributed by atoms with Gasteiger partial charge in [-0.3, -0.25) is 9.59 Å². The second-order valence-corrected chi connectivity index (χ2v) is 7.59. The molecular weight excluding hydrogens is 300 g/mol. The van der Waals surface area contributed by atoms with Crippen LogP contribution in [-0.4, -0.2) is 36.2 Å². The van der Waals surface area contributed by atoms with E-state index in [-0.39, 0.29) is 29.8 Å². The summed E-state index contributed by atoms with van der Waals surface area (Å²) in [6, 6.07) is 0. The van der Waals surface area contributed by atoms with Crippen LogP contribution in [0.15, 0.2) is 0 Å². The van der Waals surface area contributed by atoms with Crippen molar-refractivity contribution in [2.45, 2.75) is 65.3 Å². The van der Waals surface area contributed by atoms with Crippen molar-refractivity contribution in [2.75, 3.05) is 0 Å². The molecule has 2 bridgehead atoms. The average Bonchev–Trinajstić information content (AvgIpc) is 3.11. The van der Waals surface area contributed by atoms with E-state index in [0.29, 0.717) is 6.42 Å². The first-order valence-electron chi connectivity index (χ1n) is 8.36. The molecule has 3 rings (SSSR count). The molecule has 1 heterocycles. The van der Waals surface area contributed by atoms with Gasteiger partial charge in [-0.25, -0.2) is 4.79 Å². The quantitative estimate of drug-likeness (QED) is 0.567. The molecule has 6 atom stereocenters. The summed E-state index contributed by atoms with van der Waals surface area (Å²) < 4.78 is 16.1. The maximum absolute atomic E-state index is 12.2. The van der Waals surface area contributed by atoms with E-state index >= 15 is 0 Å². The third-order valence-electron chi connectivity index (χ3n) is 5.72. The summed E-state index contributed by atoms with van der Waals surface area (Å²) in [4.78, 5) is 36.0. The van der Waals surface area contributed by atoms with E-state index in [9.17, 15) is 14.4 Å². The molecule has 2 aliphatic carbocycles. The van der Waals surface area contributed by atoms with Gasteiger partial charge in [0.05, 0.1) is 11.3 Å². The molecular formula is C17H24O6. The van der Waals surface area contributed by atoms with Gasteiger partial charge in [0.1, 0.15) is 12.2 Å². The Bertz CT molecular complexity index is 539. The van der Waals surface area contributed by atoms with Gasteiger partial charge in [0.25, 0.3) is 0 Å². The highest BCUT2D eigenvalue weighted by molar-refractivity contribution is 5.82. The van der Waals surface area contributed by atoms with E-state index in [1.54, 1.807) is 13.8 Å². The van der Waals surface area contributed by atoms with E-state index in [0.717, 1.165) is 12.8 Å². The summed E-state index contributed by atoms with van der Waals surface area (Å²) in [6.45, 7) is 6.97. The van der Waals surface area contributed by atoms with Gasteiger partial charge in [-0.15, -0.1) is 0 Å². The maximum Gasteiger partial charge on any atom is 0.347 e. The zero-order valence-electron chi connectivity index (χ0n) is 14.0. The van der Waals surface area contributed by atoms with E-state index in [1.807, 2.05) is 6.92 Å². The zero-order chi connectivity index (χ0) is 16.9. The summed E-state index contributed by atoms with van der Waals surface area (Å²) in [5.41, 5.74) is -0.630. The van der Waals surface area contributed by atoms with E-state index < -0.39 is 29.6 Å². The van der Waals surface area contributed by atoms with E-state index in [2.05, 4.69) is 0 Å². The van der Waals surface area contributed by atoms with Crippen molar-refractivity contribution in [3.63, 3.8) is 0 Å². The fourth-order valence-electron chi connectivity index (χ4n) is 3.81. The van der Waals surface area contributed by atoms with Gasteiger partial charge < -0.3 is 14.2 Å². The van der Waals surface area contributed by atoms with Crippen LogP contribution in [0, 0.1) is 23.2 Å². The van der Waals surface area contributed by atoms with Gasteiger partial charge in [-0.2, -0.15) is 0 Å². The van der Waals surface area contributed by atoms with Crippen molar-refractivity contribution in [3.8, 4) is 0 Å². The molecule has 0 spiro atoms. The topological polar surface area (TPSA) is 78.9 Å². The molecule has 1 aliphatic heterocycles. The standard InChI is InChI=1S/C17H24O6/c1-5-17(3,4)16(20)21-8(2)14(18)22-12-9-6-10-11(7-9)15(19)23-13(10)12/h8-13H,5-7H2,1-4H3. The lowest BCUT2D eigenvalue weighted by Gasteiger charge is -2.27. The van der Waals surface area contributed by atoms with Gasteiger partial charge in [0.15, 0.2) is 6.10 Å². The predicted molar refractivity (Wildman–Crippen MR) is 79.1 cm³/mol. The van der Waals surface area contributed by atoms with Crippen LogP contribution in [0.2, 0.25) is 0 Å². The molecule has 2 saturated carbocycles. The lowest BCUT2D eigenvalue weighted by Crippen LogP contribution is -2.40. The number of carbonyl (C=O) groups is 3. The fraction of sp³-hybridized carbons (Fsp3) is 0.824. The number of carbonyl (C=O) groups excluding carboxylic acids is 3. The highest BCUT2D eigenvalue weighted by Gasteiger charge is 2.63. The van der Waals surface area contributed by atoms with Crippen molar-refractivity contribution in [2.24, 2.45) is 23.2 Å². The second-order valence-electron chi connectivity index (χ2n) is 7.59. The van der Waals surface area contributed by atoms with Crippen molar-refractivity contribution in [1.29, 1.82) is 0 Å². The number of esters is 3. The number of rotatable bonds is 5. The molecule has 6 heteroatoms. The zero-order valence-corrected chi connectivity index (χ0v) is 14.0. The SMILES string of the molecule is CCC(C)(C)C(=O)OC(C)C(=O)OC1C2CC3C(=O)OC1C3C2. The first-order chi connectivity index (χ1) is 10.7. The summed E-state index contributed by atoms with van der Waals surface area (Å²) in [5.74, 6) is -0.791. The number of hydrogen-bond acceptors (Lipinski definition) is 6. The van der Waals surface area contributed by atoms with Crippen LogP contribution in [0.25, 0.3) is 0 Å². The third kappa shape index (κ3) is 2.62. The van der Waals surface area contributed by atoms with Crippen molar-refractivity contribution in [1.82, 2.24) is 0 Å². The minimum atomic E-state index is -0.958. The summed E-state index contributed by atoms with van der Waals surface area (Å²) in [6.07, 6.45) is 0.561. The monoisotopic (exact) mass is 324 g/mol. The maximum atomic E-state index is 12.2. The van der Waals surface area contributed by atoms with Crippen LogP contribution >= 0.6 is 0 Å². The second kappa shape index (κ2) is 5.49. The fourth-order valence-corrected chi connectivity index (χ4v) is 3.81. The van der Waals surface area contributed by atoms with Crippen molar-refractivity contribution >= 4 is 17.9 Å². The first-order valence-corrected chi connectivity index (χ1v) is 8.36. The van der Waals surface area contributed by atoms with Gasteiger partial charge in [0.2, 0.25) is 0 Å². The minimum absolute atomic E-state index is 0.0134. The Hall–Kier alpha value is -1.59. The third-order valence-corrected chi connectivity index (χ3v) is 5.72. The molecule has 128 valence electrons. The molecule has 0 aromatic heterocycles. The predicted octanol–water partition coefficient (Wildman–Crippen LogP) is 1.85. The normalized spacial score (nSPS) is 35.8. The number of hydrogen-bond donors (Lipinski definition) is 0. The molecule has 0 N–H and O–H groups in total. The molecule has 0 radical (unpaired) electrons. The lowest BCUT2D eigenvalue weighted by atomic mass is 9.88. The largest absolute Gasteiger partial charge is 0.458 e. The Morgan fingerprint density at radius 3 is 2.70 bits per heavy atom. The van der Waals surface area contributed by atoms with Crippen LogP contribution in [0.1, 0.15) is 47.0 Å². The molecule has 6 nitrogen and oxygen atoms in total. The molecule has 0 aromatic rings. The van der Waals surface area contributed by atoms with Crippen molar-refractivity contribution < 1.29 is 28.6 Å². The highest BCUT2D eigenvalue weighted by Crippen LogP contribution is 2.55. The lowest BCUT2D eigenvalue weighted by molar-refractivity contribution is -0.180. The van der Waals surface area contributed by atoms with Gasteiger partial charge in [-0.1, -0.05) is 6.92 Å². The van der Waals surface area contributed by atoms with Crippen LogP contribution in [0.5, 0.6) is 0 Å². The van der Waals surface area contributed by atoms with Crippen LogP contribution in [-0.2, 0) is 28.6 Å². The minimum Gasteiger partial charge on any atom is -0.458 e. The average molecular weight is 324 g/mol. The smallest absolute Gasteiger partial charge is 0.347 e. The first kappa shape index (κ1) is 16.3. The molecule has 3 fully saturated rings. The summed E-state index contributed by atoms with van der Waals surface area (Å²) in [7, 11) is 0. The summed E-state index contributed by atoms with van der Waals surface area (Å²) in [5, 5.41) is 0. The van der Waals surface area contributed by atoms with Crippen LogP contribution < -0.4 is 0 Å². The Morgan fingerprint density at radius 2 is 2.04 bits per heavy atom. The molecule has 1 saturated heterocycles. The Morgan fingerprint density at radius 1 is 1.35 bits per heavy atom. The molecule has 0 aromatic carbocycles. The summed E-state index contributed by atoms with van der Waals surface area (Å²) >= 11 is 0. The highest BCUT2D eigenvalue weighted by atomic mass is 16.6. The molecule has 6 unspecified atom stereocenters. The van der Waals surface area contributed by atoms with Gasteiger partial charge >= 0.3 is 17.9 Å². The van der Waals surface area contributed by atoms with Crippen LogP contribution in [0.4, 0.5) is 0 Å². The van der Waals surface area contributed by atoms with Crippen molar-refractivity contribution in [3.05, 3.63) is 0 Å². The van der Waals surface area contributed by atoms with E-state index in [4.69, 9.17) is 14.2 Å². The van der Waals surface area contributed by atoms with Crippen LogP contribution in [0.3, 0.4) is 0 Å². The molecule has 23 heavy (non-hydrogen) atoms. The van der Waals surface area contributed by atoms with E-state index in [1.165, 1.54) is 6.92 Å².